The molecule has 2 aromatic carbocycles. The Bertz CT molecular complexity index is 1090. The molecular weight excluding hydrogens is 475 g/mol. The predicted molar refractivity (Wildman–Crippen MR) is 137 cm³/mol. The molecule has 33 heavy (non-hydrogen) atoms. The zero-order valence-electron chi connectivity index (χ0n) is 18.8. The number of carbonyl (C=O) groups excluding carboxylic acids is 1. The van der Waals surface area contributed by atoms with Gasteiger partial charge in [0.2, 0.25) is 5.91 Å². The molecule has 1 fully saturated rings. The van der Waals surface area contributed by atoms with Crippen LogP contribution >= 0.6 is 35.0 Å². The Morgan fingerprint density at radius 1 is 0.970 bits per heavy atom. The van der Waals surface area contributed by atoms with Crippen molar-refractivity contribution in [2.75, 3.05) is 18.8 Å². The van der Waals surface area contributed by atoms with Crippen molar-refractivity contribution in [3.05, 3.63) is 58.1 Å². The molecule has 1 amide bonds. The Morgan fingerprint density at radius 2 is 1.73 bits per heavy atom. The fourth-order valence-corrected chi connectivity index (χ4v) is 5.20. The van der Waals surface area contributed by atoms with Gasteiger partial charge >= 0.3 is 0 Å². The van der Waals surface area contributed by atoms with Gasteiger partial charge in [-0.15, -0.1) is 10.2 Å². The SMILES string of the molecule is Cc1ccc(-c2nnc(SCCCCC(=O)N3CCCCC3)n2-c2ccc(Cl)c(Cl)c2)cc1. The van der Waals surface area contributed by atoms with E-state index in [9.17, 15) is 4.79 Å². The fraction of sp³-hybridized carbons (Fsp3) is 0.400. The topological polar surface area (TPSA) is 51.0 Å². The van der Waals surface area contributed by atoms with Crippen LogP contribution in [0.3, 0.4) is 0 Å². The van der Waals surface area contributed by atoms with Gasteiger partial charge in [0.05, 0.1) is 15.7 Å². The number of amides is 1. The maximum atomic E-state index is 12.4. The summed E-state index contributed by atoms with van der Waals surface area (Å²) in [6, 6.07) is 13.8. The fourth-order valence-electron chi connectivity index (χ4n) is 3.95. The molecule has 3 aromatic rings. The van der Waals surface area contributed by atoms with Gasteiger partial charge in [-0.25, -0.2) is 0 Å². The summed E-state index contributed by atoms with van der Waals surface area (Å²) in [5.41, 5.74) is 3.04. The van der Waals surface area contributed by atoms with Gasteiger partial charge in [-0.2, -0.15) is 0 Å². The maximum Gasteiger partial charge on any atom is 0.222 e. The molecular formula is C25H28Cl2N4OS. The van der Waals surface area contributed by atoms with Crippen LogP contribution < -0.4 is 0 Å². The van der Waals surface area contributed by atoms with E-state index in [2.05, 4.69) is 29.3 Å². The molecule has 0 saturated carbocycles. The number of aromatic nitrogens is 3. The lowest BCUT2D eigenvalue weighted by Crippen LogP contribution is -2.35. The highest BCUT2D eigenvalue weighted by atomic mass is 35.5. The second-order valence-corrected chi connectivity index (χ2v) is 10.2. The van der Waals surface area contributed by atoms with Crippen LogP contribution in [0.5, 0.6) is 0 Å². The Balaban J connectivity index is 1.45. The monoisotopic (exact) mass is 502 g/mol. The third-order valence-electron chi connectivity index (χ3n) is 5.83. The number of hydrogen-bond acceptors (Lipinski definition) is 4. The molecule has 0 atom stereocenters. The van der Waals surface area contributed by atoms with Gasteiger partial charge in [-0.3, -0.25) is 9.36 Å². The molecule has 1 saturated heterocycles. The number of hydrogen-bond donors (Lipinski definition) is 0. The second-order valence-electron chi connectivity index (χ2n) is 8.35. The number of unbranched alkanes of at least 4 members (excludes halogenated alkanes) is 1. The van der Waals surface area contributed by atoms with Crippen molar-refractivity contribution < 1.29 is 4.79 Å². The third-order valence-corrected chi connectivity index (χ3v) is 7.58. The van der Waals surface area contributed by atoms with Crippen molar-refractivity contribution >= 4 is 40.9 Å². The first kappa shape index (κ1) is 24.1. The molecule has 0 aliphatic carbocycles. The molecule has 174 valence electrons. The molecule has 8 heteroatoms. The predicted octanol–water partition coefficient (Wildman–Crippen LogP) is 6.82. The van der Waals surface area contributed by atoms with Gasteiger partial charge in [0, 0.05) is 30.8 Å². The Hall–Kier alpha value is -2.02. The molecule has 0 spiro atoms. The first-order chi connectivity index (χ1) is 16.0. The molecule has 1 aliphatic heterocycles. The highest BCUT2D eigenvalue weighted by molar-refractivity contribution is 7.99. The Morgan fingerprint density at radius 3 is 2.45 bits per heavy atom. The van der Waals surface area contributed by atoms with E-state index in [0.29, 0.717) is 22.4 Å². The summed E-state index contributed by atoms with van der Waals surface area (Å²) in [4.78, 5) is 14.4. The van der Waals surface area contributed by atoms with E-state index in [1.54, 1.807) is 17.8 Å². The molecule has 0 unspecified atom stereocenters. The van der Waals surface area contributed by atoms with Gasteiger partial charge in [0.25, 0.3) is 0 Å². The van der Waals surface area contributed by atoms with Crippen LogP contribution in [0.25, 0.3) is 17.1 Å². The number of thioether (sulfide) groups is 1. The summed E-state index contributed by atoms with van der Waals surface area (Å²) in [6.07, 6.45) is 5.95. The summed E-state index contributed by atoms with van der Waals surface area (Å²) < 4.78 is 2.02. The van der Waals surface area contributed by atoms with Gasteiger partial charge < -0.3 is 4.90 Å². The smallest absolute Gasteiger partial charge is 0.222 e. The van der Waals surface area contributed by atoms with Crippen molar-refractivity contribution in [2.24, 2.45) is 0 Å². The Kier molecular flexibility index (Phi) is 8.34. The Labute approximate surface area is 209 Å². The summed E-state index contributed by atoms with van der Waals surface area (Å²) in [5.74, 6) is 1.91. The van der Waals surface area contributed by atoms with Crippen molar-refractivity contribution in [1.82, 2.24) is 19.7 Å². The number of benzene rings is 2. The normalized spacial score (nSPS) is 14.0. The van der Waals surface area contributed by atoms with Crippen LogP contribution in [0.4, 0.5) is 0 Å². The van der Waals surface area contributed by atoms with E-state index < -0.39 is 0 Å². The molecule has 2 heterocycles. The number of piperidine rings is 1. The minimum Gasteiger partial charge on any atom is -0.343 e. The molecule has 0 radical (unpaired) electrons. The number of halogens is 2. The van der Waals surface area contributed by atoms with Gasteiger partial charge in [0.15, 0.2) is 11.0 Å². The van der Waals surface area contributed by atoms with E-state index in [1.165, 1.54) is 12.0 Å². The lowest BCUT2D eigenvalue weighted by atomic mass is 10.1. The molecule has 1 aliphatic rings. The summed E-state index contributed by atoms with van der Waals surface area (Å²) in [5, 5.41) is 10.8. The number of likely N-dealkylation sites (tertiary alicyclic amines) is 1. The van der Waals surface area contributed by atoms with Crippen molar-refractivity contribution in [2.45, 2.75) is 50.6 Å². The molecule has 5 nitrogen and oxygen atoms in total. The molecule has 4 rings (SSSR count). The van der Waals surface area contributed by atoms with Crippen LogP contribution in [0, 0.1) is 6.92 Å². The largest absolute Gasteiger partial charge is 0.343 e. The third kappa shape index (κ3) is 6.11. The van der Waals surface area contributed by atoms with Gasteiger partial charge in [0.1, 0.15) is 0 Å². The minimum absolute atomic E-state index is 0.292. The molecule has 0 bridgehead atoms. The highest BCUT2D eigenvalue weighted by Gasteiger charge is 2.18. The van der Waals surface area contributed by atoms with Crippen LogP contribution in [0.1, 0.15) is 44.1 Å². The first-order valence-electron chi connectivity index (χ1n) is 11.4. The second kappa shape index (κ2) is 11.4. The molecule has 0 N–H and O–H groups in total. The molecule has 1 aromatic heterocycles. The average Bonchev–Trinajstić information content (AvgIpc) is 3.25. The first-order valence-corrected chi connectivity index (χ1v) is 13.2. The van der Waals surface area contributed by atoms with Crippen molar-refractivity contribution in [1.29, 1.82) is 0 Å². The van der Waals surface area contributed by atoms with E-state index in [-0.39, 0.29) is 0 Å². The van der Waals surface area contributed by atoms with Crippen LogP contribution in [-0.2, 0) is 4.79 Å². The van der Waals surface area contributed by atoms with E-state index in [4.69, 9.17) is 23.2 Å². The van der Waals surface area contributed by atoms with Crippen molar-refractivity contribution in [3.63, 3.8) is 0 Å². The van der Waals surface area contributed by atoms with E-state index in [0.717, 1.165) is 66.8 Å². The highest BCUT2D eigenvalue weighted by Crippen LogP contribution is 2.32. The quantitative estimate of drug-likeness (QED) is 0.250. The average molecular weight is 503 g/mol. The maximum absolute atomic E-state index is 12.4. The zero-order valence-corrected chi connectivity index (χ0v) is 21.1. The zero-order chi connectivity index (χ0) is 23.2. The van der Waals surface area contributed by atoms with Crippen LogP contribution in [0.2, 0.25) is 10.0 Å². The number of aryl methyl sites for hydroxylation is 1. The van der Waals surface area contributed by atoms with Gasteiger partial charge in [-0.05, 0) is 57.2 Å². The van der Waals surface area contributed by atoms with Gasteiger partial charge in [-0.1, -0.05) is 64.8 Å². The summed E-state index contributed by atoms with van der Waals surface area (Å²) in [7, 11) is 0. The summed E-state index contributed by atoms with van der Waals surface area (Å²) >= 11 is 14.1. The minimum atomic E-state index is 0.292. The number of carbonyl (C=O) groups is 1. The lowest BCUT2D eigenvalue weighted by Gasteiger charge is -2.26. The number of nitrogens with zero attached hydrogens (tertiary/aromatic N) is 4. The lowest BCUT2D eigenvalue weighted by molar-refractivity contribution is -0.132. The standard InChI is InChI=1S/C25H28Cl2N4OS/c1-18-8-10-19(11-9-18)24-28-29-25(31(24)20-12-13-21(26)22(27)17-20)33-16-6-3-7-23(32)30-14-4-2-5-15-30/h8-13,17H,2-7,14-16H2,1H3. The van der Waals surface area contributed by atoms with E-state index in [1.807, 2.05) is 33.7 Å². The van der Waals surface area contributed by atoms with Crippen LogP contribution in [-0.4, -0.2) is 44.4 Å². The van der Waals surface area contributed by atoms with Crippen LogP contribution in [0.15, 0.2) is 47.6 Å². The number of rotatable bonds is 8. The summed E-state index contributed by atoms with van der Waals surface area (Å²) in [6.45, 7) is 3.90. The van der Waals surface area contributed by atoms with Crippen molar-refractivity contribution in [3.8, 4) is 17.1 Å². The van der Waals surface area contributed by atoms with E-state index >= 15 is 0 Å².